The zero-order valence-electron chi connectivity index (χ0n) is 26.3. The van der Waals surface area contributed by atoms with Gasteiger partial charge in [-0.3, -0.25) is 9.59 Å². The summed E-state index contributed by atoms with van der Waals surface area (Å²) in [5.41, 5.74) is 4.13. The van der Waals surface area contributed by atoms with Gasteiger partial charge in [-0.15, -0.1) is 0 Å². The van der Waals surface area contributed by atoms with E-state index in [4.69, 9.17) is 9.47 Å². The van der Waals surface area contributed by atoms with Gasteiger partial charge in [0.15, 0.2) is 0 Å². The first-order chi connectivity index (χ1) is 21.1. The Bertz CT molecular complexity index is 1230. The molecule has 3 N–H and O–H groups in total. The molecule has 44 heavy (non-hydrogen) atoms. The number of carbonyl (C=O) groups excluding carboxylic acids is 2. The number of nitrogens with one attached hydrogen (secondary N) is 2. The number of carboxylic acid groups (broad SMARTS) is 1. The first kappa shape index (κ1) is 34.4. The SMILES string of the molecule is CCOC(C)(OCC)C(=O)C(CC(=O)NC(c1ccccc1)(c1ccccc1)c1ccccc1)N(NCCC(C)C)C(=O)O. The van der Waals surface area contributed by atoms with Gasteiger partial charge in [0, 0.05) is 19.8 Å². The summed E-state index contributed by atoms with van der Waals surface area (Å²) in [4.78, 5) is 41.0. The molecule has 1 unspecified atom stereocenters. The molecule has 3 aromatic rings. The molecule has 0 aliphatic carbocycles. The van der Waals surface area contributed by atoms with E-state index in [-0.39, 0.29) is 25.7 Å². The number of nitrogens with zero attached hydrogens (tertiary/aromatic N) is 1. The third kappa shape index (κ3) is 8.31. The topological polar surface area (TPSA) is 117 Å². The van der Waals surface area contributed by atoms with Crippen LogP contribution in [0.4, 0.5) is 4.79 Å². The maximum atomic E-state index is 14.3. The second-order valence-electron chi connectivity index (χ2n) is 11.0. The molecular weight excluding hydrogens is 558 g/mol. The molecule has 236 valence electrons. The minimum Gasteiger partial charge on any atom is -0.464 e. The van der Waals surface area contributed by atoms with E-state index in [0.717, 1.165) is 21.7 Å². The van der Waals surface area contributed by atoms with Crippen molar-refractivity contribution in [1.29, 1.82) is 0 Å². The molecule has 2 amide bonds. The second-order valence-corrected chi connectivity index (χ2v) is 11.0. The summed E-state index contributed by atoms with van der Waals surface area (Å²) in [6.45, 7) is 9.51. The van der Waals surface area contributed by atoms with Crippen molar-refractivity contribution in [1.82, 2.24) is 15.8 Å². The summed E-state index contributed by atoms with van der Waals surface area (Å²) in [5, 5.41) is 14.3. The van der Waals surface area contributed by atoms with Crippen LogP contribution >= 0.6 is 0 Å². The highest BCUT2D eigenvalue weighted by atomic mass is 16.7. The third-order valence-electron chi connectivity index (χ3n) is 7.44. The number of hydrogen-bond donors (Lipinski definition) is 3. The van der Waals surface area contributed by atoms with Gasteiger partial charge < -0.3 is 19.9 Å². The van der Waals surface area contributed by atoms with Gasteiger partial charge in [0.2, 0.25) is 17.5 Å². The molecule has 9 nitrogen and oxygen atoms in total. The second kappa shape index (κ2) is 16.1. The van der Waals surface area contributed by atoms with E-state index in [1.165, 1.54) is 6.92 Å². The summed E-state index contributed by atoms with van der Waals surface area (Å²) in [6, 6.07) is 27.2. The van der Waals surface area contributed by atoms with Crippen LogP contribution < -0.4 is 10.7 Å². The number of rotatable bonds is 17. The monoisotopic (exact) mass is 603 g/mol. The van der Waals surface area contributed by atoms with E-state index in [1.54, 1.807) is 13.8 Å². The van der Waals surface area contributed by atoms with E-state index in [0.29, 0.717) is 6.42 Å². The van der Waals surface area contributed by atoms with E-state index >= 15 is 0 Å². The first-order valence-corrected chi connectivity index (χ1v) is 15.1. The normalized spacial score (nSPS) is 12.5. The highest BCUT2D eigenvalue weighted by Gasteiger charge is 2.46. The standard InChI is InChI=1S/C35H45N3O6/c1-6-43-34(5,44-7-2)32(40)30(38(33(41)42)36-24-23-26(3)4)25-31(39)37-35(27-17-11-8-12-18-27,28-19-13-9-14-20-28)29-21-15-10-16-22-29/h8-22,26,30,36H,6-7,23-25H2,1-5H3,(H,37,39)(H,41,42). The van der Waals surface area contributed by atoms with E-state index in [2.05, 4.69) is 10.7 Å². The Morgan fingerprint density at radius 2 is 1.23 bits per heavy atom. The van der Waals surface area contributed by atoms with Gasteiger partial charge in [-0.25, -0.2) is 15.2 Å². The van der Waals surface area contributed by atoms with Crippen molar-refractivity contribution in [3.63, 3.8) is 0 Å². The molecular formula is C35H45N3O6. The lowest BCUT2D eigenvalue weighted by Crippen LogP contribution is -2.60. The van der Waals surface area contributed by atoms with Crippen LogP contribution in [0, 0.1) is 5.92 Å². The smallest absolute Gasteiger partial charge is 0.422 e. The molecule has 0 aliphatic heterocycles. The lowest BCUT2D eigenvalue weighted by molar-refractivity contribution is -0.221. The number of ether oxygens (including phenoxy) is 2. The van der Waals surface area contributed by atoms with E-state index < -0.39 is 41.6 Å². The van der Waals surface area contributed by atoms with Gasteiger partial charge in [-0.05, 0) is 49.8 Å². The summed E-state index contributed by atoms with van der Waals surface area (Å²) in [7, 11) is 0. The van der Waals surface area contributed by atoms with Crippen LogP contribution in [0.3, 0.4) is 0 Å². The molecule has 0 fully saturated rings. The van der Waals surface area contributed by atoms with E-state index in [1.807, 2.05) is 105 Å². The Labute approximate surface area is 260 Å². The zero-order chi connectivity index (χ0) is 32.2. The van der Waals surface area contributed by atoms with Crippen molar-refractivity contribution in [2.24, 2.45) is 5.92 Å². The molecule has 0 aromatic heterocycles. The van der Waals surface area contributed by atoms with Crippen molar-refractivity contribution in [2.75, 3.05) is 19.8 Å². The molecule has 3 aromatic carbocycles. The first-order valence-electron chi connectivity index (χ1n) is 15.1. The molecule has 0 saturated carbocycles. The van der Waals surface area contributed by atoms with Crippen molar-refractivity contribution in [2.45, 2.75) is 64.8 Å². The van der Waals surface area contributed by atoms with Gasteiger partial charge >= 0.3 is 6.09 Å². The number of hydrogen-bond acceptors (Lipinski definition) is 6. The quantitative estimate of drug-likeness (QED) is 0.102. The molecule has 0 heterocycles. The summed E-state index contributed by atoms with van der Waals surface area (Å²) in [5.74, 6) is -2.69. The number of carbonyl (C=O) groups is 3. The fourth-order valence-electron chi connectivity index (χ4n) is 5.34. The van der Waals surface area contributed by atoms with Crippen molar-refractivity contribution in [3.05, 3.63) is 108 Å². The Balaban J connectivity index is 2.13. The third-order valence-corrected chi connectivity index (χ3v) is 7.44. The average molecular weight is 604 g/mol. The fraction of sp³-hybridized carbons (Fsp3) is 0.400. The number of amides is 2. The fourth-order valence-corrected chi connectivity index (χ4v) is 5.34. The number of benzene rings is 3. The number of Topliss-reactive ketones (excluding diaryl/α,β-unsaturated/α-hetero) is 1. The summed E-state index contributed by atoms with van der Waals surface area (Å²) in [6.07, 6.45) is -1.22. The largest absolute Gasteiger partial charge is 0.464 e. The predicted molar refractivity (Wildman–Crippen MR) is 170 cm³/mol. The molecule has 9 heteroatoms. The van der Waals surface area contributed by atoms with Crippen LogP contribution in [-0.2, 0) is 24.6 Å². The van der Waals surface area contributed by atoms with Crippen LogP contribution in [0.5, 0.6) is 0 Å². The lowest BCUT2D eigenvalue weighted by Gasteiger charge is -2.39. The van der Waals surface area contributed by atoms with Crippen LogP contribution in [0.15, 0.2) is 91.0 Å². The minimum atomic E-state index is -1.77. The van der Waals surface area contributed by atoms with Gasteiger partial charge in [0.25, 0.3) is 0 Å². The minimum absolute atomic E-state index is 0.147. The summed E-state index contributed by atoms with van der Waals surface area (Å²) < 4.78 is 11.4. The van der Waals surface area contributed by atoms with Gasteiger partial charge in [0.05, 0.1) is 6.42 Å². The number of ketones is 1. The predicted octanol–water partition coefficient (Wildman–Crippen LogP) is 5.74. The summed E-state index contributed by atoms with van der Waals surface area (Å²) >= 11 is 0. The van der Waals surface area contributed by atoms with Crippen LogP contribution in [0.1, 0.15) is 64.2 Å². The number of hydrazine groups is 1. The highest BCUT2D eigenvalue weighted by Crippen LogP contribution is 2.37. The van der Waals surface area contributed by atoms with Gasteiger partial charge in [-0.2, -0.15) is 0 Å². The Kier molecular flexibility index (Phi) is 12.6. The molecule has 0 saturated heterocycles. The molecule has 3 rings (SSSR count). The molecule has 1 atom stereocenters. The molecule has 0 spiro atoms. The molecule has 0 bridgehead atoms. The van der Waals surface area contributed by atoms with Crippen LogP contribution in [-0.4, -0.2) is 59.5 Å². The molecule has 0 aliphatic rings. The zero-order valence-corrected chi connectivity index (χ0v) is 26.3. The van der Waals surface area contributed by atoms with Crippen molar-refractivity contribution in [3.8, 4) is 0 Å². The van der Waals surface area contributed by atoms with E-state index in [9.17, 15) is 19.5 Å². The van der Waals surface area contributed by atoms with Gasteiger partial charge in [0.1, 0.15) is 11.6 Å². The highest BCUT2D eigenvalue weighted by molar-refractivity contribution is 5.96. The maximum Gasteiger partial charge on any atom is 0.422 e. The lowest BCUT2D eigenvalue weighted by atomic mass is 9.76. The van der Waals surface area contributed by atoms with Crippen molar-refractivity contribution >= 4 is 17.8 Å². The average Bonchev–Trinajstić information content (AvgIpc) is 3.02. The Morgan fingerprint density at radius 3 is 1.59 bits per heavy atom. The van der Waals surface area contributed by atoms with Crippen LogP contribution in [0.2, 0.25) is 0 Å². The molecule has 0 radical (unpaired) electrons. The Hall–Kier alpha value is -4.05. The van der Waals surface area contributed by atoms with Crippen molar-refractivity contribution < 1.29 is 29.0 Å². The Morgan fingerprint density at radius 1 is 0.795 bits per heavy atom. The maximum absolute atomic E-state index is 14.3. The van der Waals surface area contributed by atoms with Gasteiger partial charge in [-0.1, -0.05) is 105 Å². The van der Waals surface area contributed by atoms with Crippen LogP contribution in [0.25, 0.3) is 0 Å².